The first-order chi connectivity index (χ1) is 5.66. The lowest BCUT2D eigenvalue weighted by Crippen LogP contribution is -2.36. The number of carbonyl (C=O) groups excluding carboxylic acids is 1. The molecular weight excluding hydrogens is 156 g/mol. The molecule has 0 aromatic rings. The summed E-state index contributed by atoms with van der Waals surface area (Å²) < 4.78 is 0. The molecule has 72 valence electrons. The van der Waals surface area contributed by atoms with Crippen LogP contribution in [0.1, 0.15) is 20.3 Å². The van der Waals surface area contributed by atoms with E-state index in [9.17, 15) is 4.79 Å². The maximum Gasteiger partial charge on any atom is 0.233 e. The van der Waals surface area contributed by atoms with Crippen LogP contribution in [-0.4, -0.2) is 36.8 Å². The SMILES string of the molecule is CCCNC(=O)CNC[C@H](C)O. The molecule has 0 saturated heterocycles. The average molecular weight is 174 g/mol. The van der Waals surface area contributed by atoms with E-state index in [-0.39, 0.29) is 12.5 Å². The van der Waals surface area contributed by atoms with E-state index < -0.39 is 6.10 Å². The Bertz CT molecular complexity index is 126. The molecule has 1 amide bonds. The van der Waals surface area contributed by atoms with E-state index in [1.54, 1.807) is 6.92 Å². The van der Waals surface area contributed by atoms with Crippen molar-refractivity contribution in [2.45, 2.75) is 26.4 Å². The Morgan fingerprint density at radius 1 is 1.58 bits per heavy atom. The molecule has 0 aliphatic heterocycles. The molecule has 0 bridgehead atoms. The summed E-state index contributed by atoms with van der Waals surface area (Å²) in [5.41, 5.74) is 0. The molecule has 0 saturated carbocycles. The minimum absolute atomic E-state index is 0.0162. The Hall–Kier alpha value is -0.610. The molecule has 0 radical (unpaired) electrons. The van der Waals surface area contributed by atoms with Crippen LogP contribution < -0.4 is 10.6 Å². The van der Waals surface area contributed by atoms with Crippen molar-refractivity contribution in [1.82, 2.24) is 10.6 Å². The Balaban J connectivity index is 3.20. The molecule has 0 aliphatic rings. The highest BCUT2D eigenvalue weighted by atomic mass is 16.3. The van der Waals surface area contributed by atoms with Crippen LogP contribution >= 0.6 is 0 Å². The zero-order valence-corrected chi connectivity index (χ0v) is 7.76. The molecule has 0 fully saturated rings. The lowest BCUT2D eigenvalue weighted by Gasteiger charge is -2.06. The van der Waals surface area contributed by atoms with Gasteiger partial charge in [0.1, 0.15) is 0 Å². The minimum Gasteiger partial charge on any atom is -0.392 e. The van der Waals surface area contributed by atoms with Gasteiger partial charge >= 0.3 is 0 Å². The van der Waals surface area contributed by atoms with Crippen molar-refractivity contribution in [3.8, 4) is 0 Å². The predicted octanol–water partition coefficient (Wildman–Crippen LogP) is -0.517. The Kier molecular flexibility index (Phi) is 6.70. The van der Waals surface area contributed by atoms with Crippen molar-refractivity contribution in [1.29, 1.82) is 0 Å². The second-order valence-electron chi connectivity index (χ2n) is 2.83. The number of aliphatic hydroxyl groups is 1. The maximum atomic E-state index is 10.9. The van der Waals surface area contributed by atoms with Crippen LogP contribution in [0.15, 0.2) is 0 Å². The number of nitrogens with one attached hydrogen (secondary N) is 2. The molecule has 0 rings (SSSR count). The number of hydrogen-bond donors (Lipinski definition) is 3. The van der Waals surface area contributed by atoms with Crippen molar-refractivity contribution in [2.24, 2.45) is 0 Å². The van der Waals surface area contributed by atoms with E-state index in [0.29, 0.717) is 6.54 Å². The fourth-order valence-electron chi connectivity index (χ4n) is 0.722. The van der Waals surface area contributed by atoms with Gasteiger partial charge in [0.2, 0.25) is 5.91 Å². The monoisotopic (exact) mass is 174 g/mol. The summed E-state index contributed by atoms with van der Waals surface area (Å²) in [7, 11) is 0. The molecule has 4 heteroatoms. The Morgan fingerprint density at radius 2 is 2.25 bits per heavy atom. The van der Waals surface area contributed by atoms with Gasteiger partial charge in [0.25, 0.3) is 0 Å². The molecule has 0 unspecified atom stereocenters. The van der Waals surface area contributed by atoms with Gasteiger partial charge < -0.3 is 15.7 Å². The zero-order chi connectivity index (χ0) is 9.40. The van der Waals surface area contributed by atoms with Gasteiger partial charge in [-0.1, -0.05) is 6.92 Å². The van der Waals surface area contributed by atoms with Crippen LogP contribution in [0, 0.1) is 0 Å². The van der Waals surface area contributed by atoms with Crippen LogP contribution in [0.4, 0.5) is 0 Å². The molecular formula is C8H18N2O2. The highest BCUT2D eigenvalue weighted by molar-refractivity contribution is 5.77. The normalized spacial score (nSPS) is 12.6. The third kappa shape index (κ3) is 7.50. The number of hydrogen-bond acceptors (Lipinski definition) is 3. The summed E-state index contributed by atoms with van der Waals surface area (Å²) >= 11 is 0. The van der Waals surface area contributed by atoms with E-state index in [4.69, 9.17) is 5.11 Å². The maximum absolute atomic E-state index is 10.9. The first-order valence-electron chi connectivity index (χ1n) is 4.32. The first-order valence-corrected chi connectivity index (χ1v) is 4.32. The third-order valence-corrected chi connectivity index (χ3v) is 1.30. The molecule has 4 nitrogen and oxygen atoms in total. The number of carbonyl (C=O) groups is 1. The summed E-state index contributed by atoms with van der Waals surface area (Å²) in [6.45, 7) is 5.14. The van der Waals surface area contributed by atoms with Crippen LogP contribution in [0.25, 0.3) is 0 Å². The van der Waals surface area contributed by atoms with Gasteiger partial charge in [-0.25, -0.2) is 0 Å². The molecule has 1 atom stereocenters. The molecule has 0 heterocycles. The van der Waals surface area contributed by atoms with E-state index in [0.717, 1.165) is 13.0 Å². The summed E-state index contributed by atoms with van der Waals surface area (Å²) in [6, 6.07) is 0. The standard InChI is InChI=1S/C8H18N2O2/c1-3-4-10-8(12)6-9-5-7(2)11/h7,9,11H,3-6H2,1-2H3,(H,10,12)/t7-/m0/s1. The second kappa shape index (κ2) is 7.06. The fourth-order valence-corrected chi connectivity index (χ4v) is 0.722. The van der Waals surface area contributed by atoms with Gasteiger partial charge in [-0.2, -0.15) is 0 Å². The van der Waals surface area contributed by atoms with E-state index in [1.165, 1.54) is 0 Å². The topological polar surface area (TPSA) is 61.4 Å². The quantitative estimate of drug-likeness (QED) is 0.508. The van der Waals surface area contributed by atoms with E-state index in [1.807, 2.05) is 6.92 Å². The molecule has 3 N–H and O–H groups in total. The Labute approximate surface area is 73.3 Å². The van der Waals surface area contributed by atoms with Crippen molar-refractivity contribution in [3.63, 3.8) is 0 Å². The van der Waals surface area contributed by atoms with Gasteiger partial charge in [0.05, 0.1) is 12.6 Å². The average Bonchev–Trinajstić information content (AvgIpc) is 2.00. The van der Waals surface area contributed by atoms with Crippen LogP contribution in [0.5, 0.6) is 0 Å². The summed E-state index contributed by atoms with van der Waals surface area (Å²) in [5.74, 6) is -0.0162. The number of aliphatic hydroxyl groups excluding tert-OH is 1. The molecule has 12 heavy (non-hydrogen) atoms. The van der Waals surface area contributed by atoms with Crippen molar-refractivity contribution >= 4 is 5.91 Å². The predicted molar refractivity (Wildman–Crippen MR) is 47.9 cm³/mol. The van der Waals surface area contributed by atoms with Gasteiger partial charge in [-0.15, -0.1) is 0 Å². The van der Waals surface area contributed by atoms with Gasteiger partial charge in [-0.3, -0.25) is 4.79 Å². The van der Waals surface area contributed by atoms with Crippen molar-refractivity contribution in [2.75, 3.05) is 19.6 Å². The molecule has 0 spiro atoms. The van der Waals surface area contributed by atoms with Crippen molar-refractivity contribution in [3.05, 3.63) is 0 Å². The largest absolute Gasteiger partial charge is 0.392 e. The first kappa shape index (κ1) is 11.4. The van der Waals surface area contributed by atoms with Crippen LogP contribution in [0.3, 0.4) is 0 Å². The minimum atomic E-state index is -0.399. The van der Waals surface area contributed by atoms with Gasteiger partial charge in [-0.05, 0) is 13.3 Å². The van der Waals surface area contributed by atoms with Gasteiger partial charge in [0, 0.05) is 13.1 Å². The van der Waals surface area contributed by atoms with Crippen LogP contribution in [0.2, 0.25) is 0 Å². The third-order valence-electron chi connectivity index (χ3n) is 1.30. The smallest absolute Gasteiger partial charge is 0.233 e. The van der Waals surface area contributed by atoms with E-state index >= 15 is 0 Å². The van der Waals surface area contributed by atoms with E-state index in [2.05, 4.69) is 10.6 Å². The highest BCUT2D eigenvalue weighted by Crippen LogP contribution is 1.74. The molecule has 0 aromatic heterocycles. The summed E-state index contributed by atoms with van der Waals surface area (Å²) in [5, 5.41) is 14.4. The van der Waals surface area contributed by atoms with Gasteiger partial charge in [0.15, 0.2) is 0 Å². The lowest BCUT2D eigenvalue weighted by atomic mass is 10.4. The van der Waals surface area contributed by atoms with Crippen molar-refractivity contribution < 1.29 is 9.90 Å². The molecule has 0 aliphatic carbocycles. The zero-order valence-electron chi connectivity index (χ0n) is 7.76. The molecule has 0 aromatic carbocycles. The second-order valence-corrected chi connectivity index (χ2v) is 2.83. The number of rotatable bonds is 6. The van der Waals surface area contributed by atoms with Crippen LogP contribution in [-0.2, 0) is 4.79 Å². The Morgan fingerprint density at radius 3 is 2.75 bits per heavy atom. The highest BCUT2D eigenvalue weighted by Gasteiger charge is 1.99. The lowest BCUT2D eigenvalue weighted by molar-refractivity contribution is -0.120. The fraction of sp³-hybridized carbons (Fsp3) is 0.875. The summed E-state index contributed by atoms with van der Waals surface area (Å²) in [4.78, 5) is 10.9. The number of amides is 1. The summed E-state index contributed by atoms with van der Waals surface area (Å²) in [6.07, 6.45) is 0.547.